The lowest BCUT2D eigenvalue weighted by Crippen LogP contribution is -2.23. The number of alkyl halides is 3. The van der Waals surface area contributed by atoms with Crippen LogP contribution in [0, 0.1) is 0 Å². The summed E-state index contributed by atoms with van der Waals surface area (Å²) in [4.78, 5) is 1.63. The zero-order chi connectivity index (χ0) is 23.0. The third kappa shape index (κ3) is 5.69. The fraction of sp³-hybridized carbons (Fsp3) is 0.368. The quantitative estimate of drug-likeness (QED) is 0.686. The van der Waals surface area contributed by atoms with Gasteiger partial charge in [0.2, 0.25) is 0 Å². The second-order valence-electron chi connectivity index (χ2n) is 7.35. The fourth-order valence-corrected chi connectivity index (χ4v) is 4.85. The summed E-state index contributed by atoms with van der Waals surface area (Å²) in [5.74, 6) is -0.458. The van der Waals surface area contributed by atoms with Crippen molar-refractivity contribution in [3.8, 4) is 5.75 Å². The summed E-state index contributed by atoms with van der Waals surface area (Å²) in [6.07, 6.45) is -3.57. The minimum absolute atomic E-state index is 0.0572. The molecule has 0 radical (unpaired) electrons. The van der Waals surface area contributed by atoms with Gasteiger partial charge in [-0.3, -0.25) is 4.72 Å². The van der Waals surface area contributed by atoms with Gasteiger partial charge in [-0.1, -0.05) is 0 Å². The van der Waals surface area contributed by atoms with Crippen LogP contribution < -0.4 is 9.46 Å². The molecule has 1 saturated heterocycles. The normalized spacial score (nSPS) is 18.2. The van der Waals surface area contributed by atoms with Gasteiger partial charge in [0.1, 0.15) is 11.9 Å². The van der Waals surface area contributed by atoms with E-state index in [0.717, 1.165) is 48.7 Å². The smallest absolute Gasteiger partial charge is 0.419 e. The molecule has 0 amide bonds. The highest BCUT2D eigenvalue weighted by Crippen LogP contribution is 2.39. The molecule has 0 bridgehead atoms. The molecule has 31 heavy (non-hydrogen) atoms. The van der Waals surface area contributed by atoms with Crippen molar-refractivity contribution in [3.05, 3.63) is 48.0 Å². The van der Waals surface area contributed by atoms with Crippen molar-refractivity contribution in [3.63, 3.8) is 0 Å². The first kappa shape index (κ1) is 23.4. The maximum atomic E-state index is 13.4. The van der Waals surface area contributed by atoms with Gasteiger partial charge in [0.05, 0.1) is 21.0 Å². The lowest BCUT2D eigenvalue weighted by molar-refractivity contribution is -0.139. The number of ether oxygens (including phenoxy) is 1. The van der Waals surface area contributed by atoms with E-state index in [4.69, 9.17) is 4.74 Å². The van der Waals surface area contributed by atoms with E-state index in [1.54, 1.807) is 0 Å². The van der Waals surface area contributed by atoms with E-state index in [0.29, 0.717) is 19.5 Å². The van der Waals surface area contributed by atoms with Gasteiger partial charge < -0.3 is 9.64 Å². The van der Waals surface area contributed by atoms with E-state index in [2.05, 4.69) is 4.72 Å². The second kappa shape index (κ2) is 8.32. The molecule has 0 aromatic heterocycles. The van der Waals surface area contributed by atoms with Crippen LogP contribution in [-0.4, -0.2) is 54.2 Å². The number of sulfone groups is 1. The van der Waals surface area contributed by atoms with Crippen molar-refractivity contribution in [2.45, 2.75) is 28.5 Å². The molecule has 1 aliphatic heterocycles. The molecule has 3 rings (SSSR count). The van der Waals surface area contributed by atoms with Crippen molar-refractivity contribution in [2.24, 2.45) is 0 Å². The van der Waals surface area contributed by atoms with Crippen LogP contribution in [-0.2, 0) is 26.0 Å². The van der Waals surface area contributed by atoms with Crippen LogP contribution in [0.25, 0.3) is 0 Å². The zero-order valence-electron chi connectivity index (χ0n) is 16.7. The van der Waals surface area contributed by atoms with Crippen molar-refractivity contribution in [1.29, 1.82) is 0 Å². The van der Waals surface area contributed by atoms with Gasteiger partial charge in [0.15, 0.2) is 9.84 Å². The van der Waals surface area contributed by atoms with Crippen LogP contribution in [0.5, 0.6) is 5.75 Å². The van der Waals surface area contributed by atoms with Crippen LogP contribution in [0.3, 0.4) is 0 Å². The Morgan fingerprint density at radius 2 is 1.65 bits per heavy atom. The summed E-state index contributed by atoms with van der Waals surface area (Å²) in [6.45, 7) is 1.14. The first-order chi connectivity index (χ1) is 14.3. The lowest BCUT2D eigenvalue weighted by Gasteiger charge is -2.19. The zero-order valence-corrected chi connectivity index (χ0v) is 18.3. The Hall–Kier alpha value is -2.31. The molecule has 0 saturated carbocycles. The van der Waals surface area contributed by atoms with Gasteiger partial charge >= 0.3 is 6.18 Å². The van der Waals surface area contributed by atoms with Gasteiger partial charge in [-0.05, 0) is 49.9 Å². The molecule has 1 heterocycles. The van der Waals surface area contributed by atoms with E-state index < -0.39 is 43.5 Å². The number of rotatable bonds is 6. The molecule has 2 aromatic carbocycles. The molecule has 2 aromatic rings. The number of hydrogen-bond acceptors (Lipinski definition) is 6. The molecule has 7 nitrogen and oxygen atoms in total. The standard InChI is InChI=1S/C19H21F3N2O5S2/c1-24-10-9-14(12-24)29-18-11-13(3-8-17(18)19(20,21)22)23-31(27,28)16-6-4-15(5-7-16)30(2,25)26/h3-8,11,14,23H,9-10,12H2,1-2H3/t14-/m1/s1. The number of anilines is 1. The highest BCUT2D eigenvalue weighted by molar-refractivity contribution is 7.92. The van der Waals surface area contributed by atoms with Crippen LogP contribution in [0.4, 0.5) is 18.9 Å². The predicted molar refractivity (Wildman–Crippen MR) is 108 cm³/mol. The van der Waals surface area contributed by atoms with Crippen LogP contribution in [0.2, 0.25) is 0 Å². The van der Waals surface area contributed by atoms with E-state index >= 15 is 0 Å². The third-order valence-electron chi connectivity index (χ3n) is 4.74. The summed E-state index contributed by atoms with van der Waals surface area (Å²) in [6, 6.07) is 7.26. The summed E-state index contributed by atoms with van der Waals surface area (Å²) in [7, 11) is -5.85. The molecule has 1 fully saturated rings. The maximum absolute atomic E-state index is 13.4. The van der Waals surface area contributed by atoms with Gasteiger partial charge in [-0.15, -0.1) is 0 Å². The number of nitrogens with zero attached hydrogens (tertiary/aromatic N) is 1. The summed E-state index contributed by atoms with van der Waals surface area (Å²) >= 11 is 0. The summed E-state index contributed by atoms with van der Waals surface area (Å²) in [5, 5.41) is 0. The maximum Gasteiger partial charge on any atom is 0.419 e. The Bertz CT molecular complexity index is 1160. The second-order valence-corrected chi connectivity index (χ2v) is 11.0. The Morgan fingerprint density at radius 1 is 1.03 bits per heavy atom. The average Bonchev–Trinajstić information content (AvgIpc) is 3.04. The number of benzene rings is 2. The number of nitrogens with one attached hydrogen (secondary N) is 1. The van der Waals surface area contributed by atoms with Crippen molar-refractivity contribution in [2.75, 3.05) is 31.1 Å². The number of halogens is 3. The minimum atomic E-state index is -4.67. The fourth-order valence-electron chi connectivity index (χ4n) is 3.17. The molecular formula is C19H21F3N2O5S2. The van der Waals surface area contributed by atoms with Crippen molar-refractivity contribution in [1.82, 2.24) is 4.90 Å². The SMILES string of the molecule is CN1CC[C@@H](Oc2cc(NS(=O)(=O)c3ccc(S(C)(=O)=O)cc3)ccc2C(F)(F)F)C1. The Morgan fingerprint density at radius 3 is 2.16 bits per heavy atom. The molecule has 1 aliphatic rings. The molecule has 1 N–H and O–H groups in total. The van der Waals surface area contributed by atoms with Gasteiger partial charge in [-0.2, -0.15) is 13.2 Å². The lowest BCUT2D eigenvalue weighted by atomic mass is 10.1. The number of likely N-dealkylation sites (tertiary alicyclic amines) is 1. The molecule has 0 unspecified atom stereocenters. The monoisotopic (exact) mass is 478 g/mol. The molecule has 0 spiro atoms. The Labute approximate surface area is 178 Å². The molecule has 12 heteroatoms. The van der Waals surface area contributed by atoms with E-state index in [1.165, 1.54) is 0 Å². The highest BCUT2D eigenvalue weighted by atomic mass is 32.2. The summed E-state index contributed by atoms with van der Waals surface area (Å²) < 4.78 is 96.2. The molecule has 0 aliphatic carbocycles. The van der Waals surface area contributed by atoms with Crippen LogP contribution >= 0.6 is 0 Å². The van der Waals surface area contributed by atoms with E-state index in [9.17, 15) is 30.0 Å². The first-order valence-electron chi connectivity index (χ1n) is 9.15. The molecule has 1 atom stereocenters. The van der Waals surface area contributed by atoms with Crippen molar-refractivity contribution >= 4 is 25.5 Å². The number of hydrogen-bond donors (Lipinski definition) is 1. The average molecular weight is 479 g/mol. The highest BCUT2D eigenvalue weighted by Gasteiger charge is 2.36. The predicted octanol–water partition coefficient (Wildman–Crippen LogP) is 2.99. The molecular weight excluding hydrogens is 457 g/mol. The Kier molecular flexibility index (Phi) is 6.27. The van der Waals surface area contributed by atoms with E-state index in [1.807, 2.05) is 11.9 Å². The Balaban J connectivity index is 1.89. The van der Waals surface area contributed by atoms with Crippen LogP contribution in [0.1, 0.15) is 12.0 Å². The van der Waals surface area contributed by atoms with Crippen LogP contribution in [0.15, 0.2) is 52.3 Å². The third-order valence-corrected chi connectivity index (χ3v) is 7.27. The van der Waals surface area contributed by atoms with Gasteiger partial charge in [-0.25, -0.2) is 16.8 Å². The minimum Gasteiger partial charge on any atom is -0.488 e. The van der Waals surface area contributed by atoms with Gasteiger partial charge in [0.25, 0.3) is 10.0 Å². The van der Waals surface area contributed by atoms with Gasteiger partial charge in [0, 0.05) is 25.4 Å². The first-order valence-corrected chi connectivity index (χ1v) is 12.5. The summed E-state index contributed by atoms with van der Waals surface area (Å²) in [5.41, 5.74) is -1.11. The van der Waals surface area contributed by atoms with Crippen molar-refractivity contribution < 1.29 is 34.7 Å². The topological polar surface area (TPSA) is 92.8 Å². The molecule has 170 valence electrons. The van der Waals surface area contributed by atoms with E-state index in [-0.39, 0.29) is 15.5 Å². The number of sulfonamides is 1. The largest absolute Gasteiger partial charge is 0.488 e. The number of likely N-dealkylation sites (N-methyl/N-ethyl adjacent to an activating group) is 1.